The molecule has 1 saturated heterocycles. The van der Waals surface area contributed by atoms with Gasteiger partial charge in [-0.15, -0.1) is 0 Å². The molecule has 1 N–H and O–H groups in total. The highest BCUT2D eigenvalue weighted by Gasteiger charge is 2.30. The number of nitrogens with one attached hydrogen (secondary N) is 1. The van der Waals surface area contributed by atoms with E-state index in [1.807, 2.05) is 12.1 Å². The van der Waals surface area contributed by atoms with Gasteiger partial charge >= 0.3 is 0 Å². The van der Waals surface area contributed by atoms with Crippen molar-refractivity contribution in [1.82, 2.24) is 0 Å². The van der Waals surface area contributed by atoms with Crippen LogP contribution in [0.4, 0.5) is 5.69 Å². The van der Waals surface area contributed by atoms with Crippen LogP contribution in [-0.4, -0.2) is 43.7 Å². The molecule has 2 aromatic carbocycles. The van der Waals surface area contributed by atoms with Gasteiger partial charge in [-0.2, -0.15) is 0 Å². The van der Waals surface area contributed by atoms with Crippen molar-refractivity contribution in [3.05, 3.63) is 63.6 Å². The van der Waals surface area contributed by atoms with Crippen molar-refractivity contribution in [1.29, 1.82) is 0 Å². The average molecular weight is 535 g/mol. The van der Waals surface area contributed by atoms with Crippen LogP contribution in [0.1, 0.15) is 28.8 Å². The van der Waals surface area contributed by atoms with Gasteiger partial charge in [0.05, 0.1) is 33.4 Å². The number of benzene rings is 2. The van der Waals surface area contributed by atoms with Gasteiger partial charge in [0.15, 0.2) is 0 Å². The van der Waals surface area contributed by atoms with Crippen LogP contribution >= 0.6 is 23.2 Å². The molecule has 0 saturated carbocycles. The summed E-state index contributed by atoms with van der Waals surface area (Å²) in [6.45, 7) is 2.65. The van der Waals surface area contributed by atoms with E-state index < -0.39 is 0 Å². The first-order valence-electron chi connectivity index (χ1n) is 9.10. The number of carbonyl (C=O) groups is 1. The van der Waals surface area contributed by atoms with Crippen molar-refractivity contribution in [2.24, 2.45) is 0 Å². The maximum Gasteiger partial charge on any atom is 0.255 e. The van der Waals surface area contributed by atoms with Crippen molar-refractivity contribution in [3.63, 3.8) is 0 Å². The lowest BCUT2D eigenvalue weighted by Crippen LogP contribution is -3.00. The second kappa shape index (κ2) is 10.3. The number of ether oxygens (including phenoxy) is 1. The molecular weight excluding hydrogens is 510 g/mol. The largest absolute Gasteiger partial charge is 1.00 e. The zero-order valence-electron chi connectivity index (χ0n) is 16.1. The van der Waals surface area contributed by atoms with Crippen molar-refractivity contribution in [2.75, 3.05) is 32.6 Å². The van der Waals surface area contributed by atoms with Crippen LogP contribution in [0.25, 0.3) is 0 Å². The molecule has 0 radical (unpaired) electrons. The van der Waals surface area contributed by atoms with Crippen molar-refractivity contribution < 1.29 is 38.0 Å². The number of rotatable bonds is 5. The minimum Gasteiger partial charge on any atom is -1.00 e. The lowest BCUT2D eigenvalue weighted by Gasteiger charge is -2.40. The smallest absolute Gasteiger partial charge is 0.255 e. The molecule has 4 nitrogen and oxygen atoms in total. The summed E-state index contributed by atoms with van der Waals surface area (Å²) in [7, 11) is 4.54. The Morgan fingerprint density at radius 3 is 2.21 bits per heavy atom. The van der Waals surface area contributed by atoms with Gasteiger partial charge in [0.1, 0.15) is 6.54 Å². The lowest BCUT2D eigenvalue weighted by molar-refractivity contribution is -0.929. The van der Waals surface area contributed by atoms with E-state index in [-0.39, 0.29) is 29.9 Å². The highest BCUT2D eigenvalue weighted by atomic mass is 127. The molecule has 1 aliphatic heterocycles. The summed E-state index contributed by atoms with van der Waals surface area (Å²) >= 11 is 11.9. The fourth-order valence-electron chi connectivity index (χ4n) is 3.57. The molecule has 0 bridgehead atoms. The average Bonchev–Trinajstić information content (AvgIpc) is 2.63. The third-order valence-corrected chi connectivity index (χ3v) is 5.54. The molecule has 152 valence electrons. The first-order chi connectivity index (χ1) is 12.8. The van der Waals surface area contributed by atoms with Gasteiger partial charge in [-0.25, -0.2) is 0 Å². The number of nitrogens with zero attached hydrogens (tertiary/aromatic N) is 1. The number of anilines is 1. The third kappa shape index (κ3) is 6.32. The van der Waals surface area contributed by atoms with E-state index in [0.717, 1.165) is 42.8 Å². The molecule has 28 heavy (non-hydrogen) atoms. The predicted molar refractivity (Wildman–Crippen MR) is 111 cm³/mol. The molecular formula is C21H25Cl2IN2O2. The zero-order valence-corrected chi connectivity index (χ0v) is 19.7. The molecule has 2 aromatic rings. The summed E-state index contributed by atoms with van der Waals surface area (Å²) < 4.78 is 6.42. The Hall–Kier alpha value is -0.860. The third-order valence-electron chi connectivity index (χ3n) is 5.11. The maximum absolute atomic E-state index is 12.4. The van der Waals surface area contributed by atoms with E-state index in [1.165, 1.54) is 5.56 Å². The monoisotopic (exact) mass is 534 g/mol. The number of amides is 1. The summed E-state index contributed by atoms with van der Waals surface area (Å²) in [6.07, 6.45) is 2.20. The Bertz CT molecular complexity index is 786. The van der Waals surface area contributed by atoms with Crippen molar-refractivity contribution >= 4 is 34.8 Å². The Balaban J connectivity index is 0.00000280. The summed E-state index contributed by atoms with van der Waals surface area (Å²) in [5.41, 5.74) is 2.43. The molecule has 0 atom stereocenters. The Morgan fingerprint density at radius 2 is 1.64 bits per heavy atom. The molecule has 1 aliphatic rings. The molecule has 0 aromatic heterocycles. The van der Waals surface area contributed by atoms with Crippen LogP contribution < -0.4 is 29.3 Å². The number of halogens is 3. The first-order valence-corrected chi connectivity index (χ1v) is 9.86. The fourth-order valence-corrected chi connectivity index (χ4v) is 4.09. The van der Waals surface area contributed by atoms with Crippen LogP contribution in [-0.2, 0) is 11.3 Å². The predicted octanol–water partition coefficient (Wildman–Crippen LogP) is 2.01. The SMILES string of the molecule is C[N+](C)(Cc1ccc(NC(=O)c2cc(Cl)cc(Cl)c2)cc1)C1CCOCC1.[I-]. The van der Waals surface area contributed by atoms with Gasteiger partial charge in [0, 0.05) is 39.7 Å². The first kappa shape index (κ1) is 23.4. The number of quaternary nitrogens is 1. The van der Waals surface area contributed by atoms with Gasteiger partial charge in [-0.3, -0.25) is 4.79 Å². The topological polar surface area (TPSA) is 38.3 Å². The van der Waals surface area contributed by atoms with Gasteiger partial charge < -0.3 is 38.5 Å². The minimum atomic E-state index is -0.231. The van der Waals surface area contributed by atoms with E-state index in [2.05, 4.69) is 31.5 Å². The highest BCUT2D eigenvalue weighted by Crippen LogP contribution is 2.23. The zero-order chi connectivity index (χ0) is 19.4. The number of hydrogen-bond acceptors (Lipinski definition) is 2. The van der Waals surface area contributed by atoms with Crippen molar-refractivity contribution in [3.8, 4) is 0 Å². The Labute approximate surface area is 193 Å². The molecule has 0 aliphatic carbocycles. The molecule has 1 fully saturated rings. The molecule has 3 rings (SSSR count). The van der Waals surface area contributed by atoms with Crippen LogP contribution in [0.15, 0.2) is 42.5 Å². The lowest BCUT2D eigenvalue weighted by atomic mass is 10.0. The standard InChI is InChI=1S/C21H24Cl2N2O2.HI/c1-25(2,20-7-9-27-10-8-20)14-15-3-5-19(6-4-15)24-21(26)16-11-17(22)13-18(23)12-16;/h3-6,11-13,20H,7-10,14H2,1-2H3;1H. The molecule has 1 amide bonds. The van der Waals surface area contributed by atoms with Gasteiger partial charge in [-0.1, -0.05) is 35.3 Å². The van der Waals surface area contributed by atoms with Crippen LogP contribution in [0.2, 0.25) is 10.0 Å². The number of carbonyl (C=O) groups excluding carboxylic acids is 1. The molecule has 0 spiro atoms. The van der Waals surface area contributed by atoms with Crippen molar-refractivity contribution in [2.45, 2.75) is 25.4 Å². The fraction of sp³-hybridized carbons (Fsp3) is 0.381. The minimum absolute atomic E-state index is 0. The van der Waals surface area contributed by atoms with Gasteiger partial charge in [0.25, 0.3) is 5.91 Å². The Kier molecular flexibility index (Phi) is 8.58. The maximum atomic E-state index is 12.4. The summed E-state index contributed by atoms with van der Waals surface area (Å²) in [5, 5.41) is 3.77. The summed E-state index contributed by atoms with van der Waals surface area (Å²) in [4.78, 5) is 12.4. The van der Waals surface area contributed by atoms with E-state index in [0.29, 0.717) is 21.7 Å². The molecule has 0 unspecified atom stereocenters. The van der Waals surface area contributed by atoms with Gasteiger partial charge in [-0.05, 0) is 30.3 Å². The van der Waals surface area contributed by atoms with Crippen LogP contribution in [0.3, 0.4) is 0 Å². The van der Waals surface area contributed by atoms with E-state index in [1.54, 1.807) is 18.2 Å². The van der Waals surface area contributed by atoms with E-state index in [4.69, 9.17) is 27.9 Å². The second-order valence-electron chi connectivity index (χ2n) is 7.59. The summed E-state index contributed by atoms with van der Waals surface area (Å²) in [5.74, 6) is -0.231. The van der Waals surface area contributed by atoms with E-state index >= 15 is 0 Å². The molecule has 7 heteroatoms. The quantitative estimate of drug-likeness (QED) is 0.471. The van der Waals surface area contributed by atoms with E-state index in [9.17, 15) is 4.79 Å². The molecule has 1 heterocycles. The normalized spacial score (nSPS) is 15.0. The van der Waals surface area contributed by atoms with Gasteiger partial charge in [0.2, 0.25) is 0 Å². The Morgan fingerprint density at radius 1 is 1.07 bits per heavy atom. The number of hydrogen-bond donors (Lipinski definition) is 1. The highest BCUT2D eigenvalue weighted by molar-refractivity contribution is 6.35. The summed E-state index contributed by atoms with van der Waals surface area (Å²) in [6, 6.07) is 13.4. The van der Waals surface area contributed by atoms with Crippen LogP contribution in [0.5, 0.6) is 0 Å². The van der Waals surface area contributed by atoms with Crippen LogP contribution in [0, 0.1) is 0 Å². The second-order valence-corrected chi connectivity index (χ2v) is 8.46.